The second-order valence-electron chi connectivity index (χ2n) is 4.52. The minimum Gasteiger partial charge on any atom is -0.489 e. The van der Waals surface area contributed by atoms with Crippen LogP contribution in [-0.4, -0.2) is 17.0 Å². The largest absolute Gasteiger partial charge is 0.489 e. The van der Waals surface area contributed by atoms with Crippen LogP contribution < -0.4 is 10.5 Å². The van der Waals surface area contributed by atoms with Gasteiger partial charge in [0.15, 0.2) is 0 Å². The summed E-state index contributed by atoms with van der Waals surface area (Å²) < 4.78 is 5.60. The van der Waals surface area contributed by atoms with Crippen molar-refractivity contribution in [3.05, 3.63) is 65.2 Å². The number of amides is 1. The fourth-order valence-corrected chi connectivity index (χ4v) is 1.91. The van der Waals surface area contributed by atoms with Crippen LogP contribution in [0.1, 0.15) is 21.5 Å². The van der Waals surface area contributed by atoms with Crippen molar-refractivity contribution in [2.45, 2.75) is 13.0 Å². The molecule has 108 valence electrons. The Balaban J connectivity index is 2.06. The first kappa shape index (κ1) is 14.6. The smallest absolute Gasteiger partial charge is 0.307 e. The summed E-state index contributed by atoms with van der Waals surface area (Å²) in [5, 5.41) is 8.87. The zero-order chi connectivity index (χ0) is 15.2. The molecule has 5 nitrogen and oxygen atoms in total. The highest BCUT2D eigenvalue weighted by atomic mass is 16.5. The molecule has 21 heavy (non-hydrogen) atoms. The van der Waals surface area contributed by atoms with E-state index in [-0.39, 0.29) is 13.0 Å². The molecular formula is C16H15NO4. The van der Waals surface area contributed by atoms with Gasteiger partial charge in [-0.2, -0.15) is 0 Å². The number of hydrogen-bond donors (Lipinski definition) is 2. The number of aliphatic carboxylic acids is 1. The number of benzene rings is 2. The lowest BCUT2D eigenvalue weighted by molar-refractivity contribution is -0.136. The standard InChI is InChI=1S/C16H15NO4/c17-16(20)11-5-7-14(8-6-11)21-10-13-4-2-1-3-12(13)9-15(18)19/h1-8H,9-10H2,(H2,17,20)(H,18,19). The Morgan fingerprint density at radius 1 is 1.00 bits per heavy atom. The van der Waals surface area contributed by atoms with Crippen molar-refractivity contribution < 1.29 is 19.4 Å². The number of carboxylic acid groups (broad SMARTS) is 1. The van der Waals surface area contributed by atoms with Crippen LogP contribution in [0.3, 0.4) is 0 Å². The van der Waals surface area contributed by atoms with E-state index < -0.39 is 11.9 Å². The summed E-state index contributed by atoms with van der Waals surface area (Å²) in [6.45, 7) is 0.263. The SMILES string of the molecule is NC(=O)c1ccc(OCc2ccccc2CC(=O)O)cc1. The molecule has 0 atom stereocenters. The molecule has 0 saturated heterocycles. The van der Waals surface area contributed by atoms with Crippen LogP contribution in [0.4, 0.5) is 0 Å². The summed E-state index contributed by atoms with van der Waals surface area (Å²) in [6.07, 6.45) is -0.0415. The van der Waals surface area contributed by atoms with Crippen LogP contribution >= 0.6 is 0 Å². The summed E-state index contributed by atoms with van der Waals surface area (Å²) in [5.41, 5.74) is 7.11. The van der Waals surface area contributed by atoms with E-state index in [0.29, 0.717) is 11.3 Å². The summed E-state index contributed by atoms with van der Waals surface area (Å²) in [4.78, 5) is 21.8. The summed E-state index contributed by atoms with van der Waals surface area (Å²) in [7, 11) is 0. The minimum atomic E-state index is -0.881. The fraction of sp³-hybridized carbons (Fsp3) is 0.125. The van der Waals surface area contributed by atoms with Gasteiger partial charge in [-0.25, -0.2) is 0 Å². The third-order valence-corrected chi connectivity index (χ3v) is 2.99. The predicted octanol–water partition coefficient (Wildman–Crippen LogP) is 1.99. The number of carbonyl (C=O) groups is 2. The molecular weight excluding hydrogens is 270 g/mol. The van der Waals surface area contributed by atoms with Crippen molar-refractivity contribution in [1.82, 2.24) is 0 Å². The molecule has 0 fully saturated rings. The van der Waals surface area contributed by atoms with Gasteiger partial charge < -0.3 is 15.6 Å². The Bertz CT molecular complexity index is 650. The molecule has 5 heteroatoms. The Labute approximate surface area is 122 Å². The number of carbonyl (C=O) groups excluding carboxylic acids is 1. The lowest BCUT2D eigenvalue weighted by Crippen LogP contribution is -2.10. The summed E-state index contributed by atoms with van der Waals surface area (Å²) >= 11 is 0. The molecule has 0 aliphatic carbocycles. The van der Waals surface area contributed by atoms with E-state index in [1.165, 1.54) is 0 Å². The normalized spacial score (nSPS) is 10.1. The summed E-state index contributed by atoms with van der Waals surface area (Å²) in [6, 6.07) is 13.7. The van der Waals surface area contributed by atoms with E-state index in [9.17, 15) is 9.59 Å². The molecule has 0 spiro atoms. The zero-order valence-electron chi connectivity index (χ0n) is 11.3. The van der Waals surface area contributed by atoms with Crippen LogP contribution in [-0.2, 0) is 17.8 Å². The van der Waals surface area contributed by atoms with E-state index in [1.54, 1.807) is 36.4 Å². The average molecular weight is 285 g/mol. The molecule has 2 rings (SSSR count). The molecule has 0 aliphatic heterocycles. The lowest BCUT2D eigenvalue weighted by atomic mass is 10.1. The maximum Gasteiger partial charge on any atom is 0.307 e. The molecule has 2 aromatic rings. The minimum absolute atomic E-state index is 0.0415. The monoisotopic (exact) mass is 285 g/mol. The van der Waals surface area contributed by atoms with Crippen molar-refractivity contribution in [1.29, 1.82) is 0 Å². The first-order chi connectivity index (χ1) is 10.1. The highest BCUT2D eigenvalue weighted by Gasteiger charge is 2.07. The van der Waals surface area contributed by atoms with Crippen molar-refractivity contribution in [2.75, 3.05) is 0 Å². The second-order valence-corrected chi connectivity index (χ2v) is 4.52. The van der Waals surface area contributed by atoms with E-state index >= 15 is 0 Å². The number of rotatable bonds is 6. The maximum atomic E-state index is 11.0. The highest BCUT2D eigenvalue weighted by Crippen LogP contribution is 2.16. The molecule has 2 aromatic carbocycles. The molecule has 3 N–H and O–H groups in total. The van der Waals surface area contributed by atoms with E-state index in [4.69, 9.17) is 15.6 Å². The average Bonchev–Trinajstić information content (AvgIpc) is 2.46. The Hall–Kier alpha value is -2.82. The zero-order valence-corrected chi connectivity index (χ0v) is 11.3. The molecule has 0 bridgehead atoms. The molecule has 1 amide bonds. The fourth-order valence-electron chi connectivity index (χ4n) is 1.91. The molecule has 0 saturated carbocycles. The van der Waals surface area contributed by atoms with Gasteiger partial charge in [0.2, 0.25) is 5.91 Å². The van der Waals surface area contributed by atoms with Crippen LogP contribution in [0, 0.1) is 0 Å². The number of primary amides is 1. The third kappa shape index (κ3) is 4.07. The van der Waals surface area contributed by atoms with Crippen molar-refractivity contribution in [2.24, 2.45) is 5.73 Å². The van der Waals surface area contributed by atoms with Gasteiger partial charge in [0.25, 0.3) is 0 Å². The topological polar surface area (TPSA) is 89.6 Å². The lowest BCUT2D eigenvalue weighted by Gasteiger charge is -2.10. The van der Waals surface area contributed by atoms with Gasteiger partial charge in [-0.1, -0.05) is 24.3 Å². The Morgan fingerprint density at radius 2 is 1.62 bits per heavy atom. The van der Waals surface area contributed by atoms with Gasteiger partial charge in [-0.3, -0.25) is 9.59 Å². The van der Waals surface area contributed by atoms with Crippen molar-refractivity contribution in [3.8, 4) is 5.75 Å². The van der Waals surface area contributed by atoms with E-state index in [0.717, 1.165) is 11.1 Å². The first-order valence-corrected chi connectivity index (χ1v) is 6.37. The quantitative estimate of drug-likeness (QED) is 0.849. The van der Waals surface area contributed by atoms with Crippen LogP contribution in [0.5, 0.6) is 5.75 Å². The third-order valence-electron chi connectivity index (χ3n) is 2.99. The molecule has 0 unspecified atom stereocenters. The van der Waals surface area contributed by atoms with Gasteiger partial charge >= 0.3 is 5.97 Å². The Morgan fingerprint density at radius 3 is 2.19 bits per heavy atom. The van der Waals surface area contributed by atoms with Gasteiger partial charge in [0, 0.05) is 5.56 Å². The van der Waals surface area contributed by atoms with Gasteiger partial charge in [0.05, 0.1) is 6.42 Å². The highest BCUT2D eigenvalue weighted by molar-refractivity contribution is 5.92. The molecule has 0 radical (unpaired) electrons. The van der Waals surface area contributed by atoms with Gasteiger partial charge in [-0.05, 0) is 35.4 Å². The molecule has 0 aromatic heterocycles. The molecule has 0 aliphatic rings. The number of ether oxygens (including phenoxy) is 1. The second kappa shape index (κ2) is 6.56. The van der Waals surface area contributed by atoms with Gasteiger partial charge in [0.1, 0.15) is 12.4 Å². The number of carboxylic acids is 1. The van der Waals surface area contributed by atoms with Crippen molar-refractivity contribution in [3.63, 3.8) is 0 Å². The van der Waals surface area contributed by atoms with Crippen LogP contribution in [0.15, 0.2) is 48.5 Å². The van der Waals surface area contributed by atoms with Gasteiger partial charge in [-0.15, -0.1) is 0 Å². The predicted molar refractivity (Wildman–Crippen MR) is 77.1 cm³/mol. The number of hydrogen-bond acceptors (Lipinski definition) is 3. The van der Waals surface area contributed by atoms with Crippen molar-refractivity contribution >= 4 is 11.9 Å². The molecule has 0 heterocycles. The van der Waals surface area contributed by atoms with Crippen LogP contribution in [0.25, 0.3) is 0 Å². The van der Waals surface area contributed by atoms with E-state index in [1.807, 2.05) is 12.1 Å². The Kier molecular flexibility index (Phi) is 4.56. The van der Waals surface area contributed by atoms with E-state index in [2.05, 4.69) is 0 Å². The summed E-state index contributed by atoms with van der Waals surface area (Å²) in [5.74, 6) is -0.785. The van der Waals surface area contributed by atoms with Crippen LogP contribution in [0.2, 0.25) is 0 Å². The number of nitrogens with two attached hydrogens (primary N) is 1. The first-order valence-electron chi connectivity index (χ1n) is 6.37. The maximum absolute atomic E-state index is 11.0.